The number of halogens is 3. The van der Waals surface area contributed by atoms with E-state index >= 15 is 0 Å². The molecule has 2 atom stereocenters. The van der Waals surface area contributed by atoms with Crippen molar-refractivity contribution in [3.63, 3.8) is 0 Å². The Morgan fingerprint density at radius 3 is 2.42 bits per heavy atom. The van der Waals surface area contributed by atoms with E-state index in [9.17, 15) is 0 Å². The van der Waals surface area contributed by atoms with Gasteiger partial charge in [0.05, 0.1) is 0 Å². The van der Waals surface area contributed by atoms with Crippen molar-refractivity contribution in [3.8, 4) is 0 Å². The Hall–Kier alpha value is 1.03. The summed E-state index contributed by atoms with van der Waals surface area (Å²) < 4.78 is 0.461. The molecule has 1 aliphatic heterocycles. The maximum absolute atomic E-state index is 3.28. The van der Waals surface area contributed by atoms with Gasteiger partial charge in [-0.1, -0.05) is 0 Å². The van der Waals surface area contributed by atoms with Crippen LogP contribution in [-0.4, -0.2) is 6.04 Å². The van der Waals surface area contributed by atoms with Crippen molar-refractivity contribution >= 4 is 0 Å². The summed E-state index contributed by atoms with van der Waals surface area (Å²) in [4.78, 5) is 0. The van der Waals surface area contributed by atoms with Crippen molar-refractivity contribution in [1.82, 2.24) is 5.32 Å². The van der Waals surface area contributed by atoms with Gasteiger partial charge in [-0.3, -0.25) is 0 Å². The van der Waals surface area contributed by atoms with E-state index in [-0.39, 0.29) is 37.2 Å². The molecule has 1 N–H and O–H groups in total. The van der Waals surface area contributed by atoms with Crippen molar-refractivity contribution in [2.75, 3.05) is 0 Å². The van der Waals surface area contributed by atoms with Crippen LogP contribution in [0.15, 0.2) is 24.4 Å². The van der Waals surface area contributed by atoms with Crippen molar-refractivity contribution < 1.29 is 61.9 Å². The third kappa shape index (κ3) is 3.07. The predicted molar refractivity (Wildman–Crippen MR) is 32.5 cm³/mol. The molecule has 2 bridgehead atoms. The van der Waals surface area contributed by atoms with Gasteiger partial charge in [-0.15, -0.1) is 0 Å². The Balaban J connectivity index is 0. The molecule has 0 aromatic heterocycles. The summed E-state index contributed by atoms with van der Waals surface area (Å²) in [5, 5.41) is 3.28. The van der Waals surface area contributed by atoms with Crippen molar-refractivity contribution in [1.29, 1.82) is 0 Å². The molecule has 5 heteroatoms. The van der Waals surface area contributed by atoms with E-state index in [2.05, 4.69) is 29.7 Å². The third-order valence-corrected chi connectivity index (χ3v) is 3.20. The van der Waals surface area contributed by atoms with Crippen LogP contribution in [0.2, 0.25) is 3.12 Å². The zero-order valence-corrected chi connectivity index (χ0v) is 11.0. The van der Waals surface area contributed by atoms with Crippen LogP contribution in [0.4, 0.5) is 0 Å². The van der Waals surface area contributed by atoms with Crippen LogP contribution in [0.5, 0.6) is 0 Å². The molecule has 1 nitrogen and oxygen atoms in total. The Morgan fingerprint density at radius 2 is 1.92 bits per heavy atom. The zero-order valence-electron chi connectivity index (χ0n) is 6.23. The first kappa shape index (κ1) is 15.5. The normalized spacial score (nSPS) is 34.0. The van der Waals surface area contributed by atoms with Crippen molar-refractivity contribution in [2.24, 2.45) is 0 Å². The summed E-state index contributed by atoms with van der Waals surface area (Å²) in [6.45, 7) is 0. The molecular formula is C7H8Cl3NZr. The Bertz CT molecular complexity index is 191. The van der Waals surface area contributed by atoms with Gasteiger partial charge in [-0.05, 0) is 0 Å². The van der Waals surface area contributed by atoms with Gasteiger partial charge in [0.2, 0.25) is 0 Å². The number of hydrogen-bond acceptors (Lipinski definition) is 1. The molecule has 1 aliphatic carbocycles. The Labute approximate surface area is 107 Å². The molecule has 0 saturated heterocycles. The van der Waals surface area contributed by atoms with Crippen LogP contribution in [-0.2, 0) is 24.7 Å². The molecular weight excluding hydrogens is 296 g/mol. The van der Waals surface area contributed by atoms with Crippen molar-refractivity contribution in [2.45, 2.75) is 15.6 Å². The first-order chi connectivity index (χ1) is 4.29. The molecule has 0 radical (unpaired) electrons. The van der Waals surface area contributed by atoms with Gasteiger partial charge in [-0.2, -0.15) is 0 Å². The monoisotopic (exact) mass is 301 g/mol. The Morgan fingerprint density at radius 1 is 1.25 bits per heavy atom. The average molecular weight is 304 g/mol. The molecule has 1 heterocycles. The topological polar surface area (TPSA) is 12.0 Å². The fourth-order valence-electron chi connectivity index (χ4n) is 1.35. The molecule has 2 unspecified atom stereocenters. The van der Waals surface area contributed by atoms with Gasteiger partial charge in [0.15, 0.2) is 0 Å². The van der Waals surface area contributed by atoms with E-state index in [0.29, 0.717) is 9.16 Å². The second kappa shape index (κ2) is 5.70. The third-order valence-electron chi connectivity index (χ3n) is 1.87. The number of fused-ring (bicyclic) bond motifs is 2. The molecule has 0 saturated carbocycles. The van der Waals surface area contributed by atoms with Gasteiger partial charge < -0.3 is 37.2 Å². The molecule has 66 valence electrons. The Kier molecular flexibility index (Phi) is 7.36. The second-order valence-electron chi connectivity index (χ2n) is 2.71. The molecule has 0 aromatic carbocycles. The fraction of sp³-hybridized carbons (Fsp3) is 0.429. The van der Waals surface area contributed by atoms with E-state index < -0.39 is 0 Å². The SMILES string of the molecule is [Cl-].[Cl-].[Cl-].[Zr+3][C]12C=CNC(C=C1)C2. The van der Waals surface area contributed by atoms with Gasteiger partial charge >= 0.3 is 70.0 Å². The average Bonchev–Trinajstić information content (AvgIpc) is 2.07. The quantitative estimate of drug-likeness (QED) is 0.439. The first-order valence-electron chi connectivity index (χ1n) is 3.17. The number of rotatable bonds is 0. The summed E-state index contributed by atoms with van der Waals surface area (Å²) in [7, 11) is 0. The van der Waals surface area contributed by atoms with Crippen molar-refractivity contribution in [3.05, 3.63) is 24.4 Å². The van der Waals surface area contributed by atoms with E-state index in [1.54, 1.807) is 24.7 Å². The van der Waals surface area contributed by atoms with Gasteiger partial charge in [0.25, 0.3) is 0 Å². The number of nitrogens with one attached hydrogen (secondary N) is 1. The summed E-state index contributed by atoms with van der Waals surface area (Å²) in [5.41, 5.74) is 0. The molecule has 0 spiro atoms. The molecule has 2 aliphatic rings. The zero-order chi connectivity index (χ0) is 6.32. The minimum atomic E-state index is 0. The molecule has 0 fully saturated rings. The first-order valence-corrected chi connectivity index (χ1v) is 4.40. The predicted octanol–water partition coefficient (Wildman–Crippen LogP) is -7.85. The summed E-state index contributed by atoms with van der Waals surface area (Å²) in [6, 6.07) is 0.634. The van der Waals surface area contributed by atoms with Crippen LogP contribution in [0.1, 0.15) is 6.42 Å². The van der Waals surface area contributed by atoms with E-state index in [4.69, 9.17) is 0 Å². The van der Waals surface area contributed by atoms with Crippen LogP contribution in [0.25, 0.3) is 0 Å². The standard InChI is InChI=1S/C7H8N.3ClH.Zr/c1-2-7-5-6(1)3-4-8-7;;;;/h1-4,7-8H,5H2;3*1H;/q;;;;+3/p-3. The molecule has 12 heavy (non-hydrogen) atoms. The van der Waals surface area contributed by atoms with Crippen LogP contribution in [0, 0.1) is 0 Å². The van der Waals surface area contributed by atoms with Crippen LogP contribution in [0.3, 0.4) is 0 Å². The molecule has 0 aromatic rings. The van der Waals surface area contributed by atoms with Gasteiger partial charge in [0, 0.05) is 0 Å². The summed E-state index contributed by atoms with van der Waals surface area (Å²) in [5.74, 6) is 0. The second-order valence-corrected chi connectivity index (χ2v) is 5.00. The number of hydrogen-bond donors (Lipinski definition) is 1. The van der Waals surface area contributed by atoms with E-state index in [0.717, 1.165) is 0 Å². The molecule has 2 rings (SSSR count). The van der Waals surface area contributed by atoms with Crippen LogP contribution >= 0.6 is 0 Å². The minimum absolute atomic E-state index is 0. The fourth-order valence-corrected chi connectivity index (χ4v) is 2.33. The van der Waals surface area contributed by atoms with Crippen LogP contribution < -0.4 is 42.5 Å². The number of allylic oxidation sites excluding steroid dienone is 2. The van der Waals surface area contributed by atoms with Gasteiger partial charge in [-0.25, -0.2) is 0 Å². The maximum atomic E-state index is 3.28. The van der Waals surface area contributed by atoms with E-state index in [1.807, 2.05) is 0 Å². The van der Waals surface area contributed by atoms with E-state index in [1.165, 1.54) is 6.42 Å². The summed E-state index contributed by atoms with van der Waals surface area (Å²) >= 11 is 1.61. The summed E-state index contributed by atoms with van der Waals surface area (Å²) in [6.07, 6.45) is 10.2. The molecule has 0 amide bonds. The van der Waals surface area contributed by atoms with Gasteiger partial charge in [0.1, 0.15) is 0 Å².